The molecule has 0 unspecified atom stereocenters. The topological polar surface area (TPSA) is 0 Å². The number of rotatable bonds is 3. The monoisotopic (exact) mass is 226 g/mol. The second-order valence-corrected chi connectivity index (χ2v) is 4.11. The predicted molar refractivity (Wildman–Crippen MR) is 57.6 cm³/mol. The van der Waals surface area contributed by atoms with Crippen molar-refractivity contribution in [3.63, 3.8) is 0 Å². The van der Waals surface area contributed by atoms with E-state index in [2.05, 4.69) is 54.0 Å². The summed E-state index contributed by atoms with van der Waals surface area (Å²) in [6.45, 7) is 4.50. The molecule has 0 fully saturated rings. The molecule has 66 valence electrons. The Balaban J connectivity index is 2.72. The van der Waals surface area contributed by atoms with Crippen LogP contribution in [0.15, 0.2) is 24.3 Å². The molecule has 0 heterocycles. The number of halogens is 1. The van der Waals surface area contributed by atoms with Crippen LogP contribution in [0.4, 0.5) is 0 Å². The minimum absolute atomic E-state index is 0.746. The van der Waals surface area contributed by atoms with Gasteiger partial charge in [-0.05, 0) is 23.5 Å². The summed E-state index contributed by atoms with van der Waals surface area (Å²) >= 11 is 3.46. The zero-order valence-corrected chi connectivity index (χ0v) is 9.26. The van der Waals surface area contributed by atoms with Gasteiger partial charge >= 0.3 is 0 Å². The first-order valence-corrected chi connectivity index (χ1v) is 5.48. The molecule has 1 heteroatoms. The van der Waals surface area contributed by atoms with Gasteiger partial charge in [0.05, 0.1) is 0 Å². The average Bonchev–Trinajstić information content (AvgIpc) is 2.03. The summed E-state index contributed by atoms with van der Waals surface area (Å²) in [5, 5.41) is 0.957. The lowest BCUT2D eigenvalue weighted by Gasteiger charge is -2.05. The third-order valence-electron chi connectivity index (χ3n) is 1.79. The first-order chi connectivity index (χ1) is 5.72. The molecule has 0 bridgehead atoms. The highest BCUT2D eigenvalue weighted by atomic mass is 79.9. The molecule has 0 saturated heterocycles. The summed E-state index contributed by atoms with van der Waals surface area (Å²) in [5.74, 6) is 0.746. The Kier molecular flexibility index (Phi) is 3.80. The Hall–Kier alpha value is -0.300. The minimum atomic E-state index is 0.746. The number of hydrogen-bond donors (Lipinski definition) is 0. The van der Waals surface area contributed by atoms with E-state index in [1.807, 2.05) is 0 Å². The van der Waals surface area contributed by atoms with Crippen LogP contribution in [0, 0.1) is 5.92 Å². The summed E-state index contributed by atoms with van der Waals surface area (Å²) in [6, 6.07) is 8.76. The molecule has 0 amide bonds. The highest BCUT2D eigenvalue weighted by Gasteiger charge is 1.97. The zero-order valence-electron chi connectivity index (χ0n) is 7.68. The molecule has 0 nitrogen and oxygen atoms in total. The van der Waals surface area contributed by atoms with Crippen molar-refractivity contribution in [3.8, 4) is 0 Å². The van der Waals surface area contributed by atoms with Gasteiger partial charge in [-0.3, -0.25) is 0 Å². The van der Waals surface area contributed by atoms with Crippen molar-refractivity contribution in [1.82, 2.24) is 0 Å². The smallest absolute Gasteiger partial charge is 0.0283 e. The Morgan fingerprint density at radius 2 is 1.92 bits per heavy atom. The minimum Gasteiger partial charge on any atom is -0.0876 e. The molecule has 0 spiro atoms. The van der Waals surface area contributed by atoms with Crippen LogP contribution in [0.5, 0.6) is 0 Å². The predicted octanol–water partition coefficient (Wildman–Crippen LogP) is 3.78. The van der Waals surface area contributed by atoms with Gasteiger partial charge in [0.25, 0.3) is 0 Å². The van der Waals surface area contributed by atoms with E-state index < -0.39 is 0 Å². The molecule has 1 aromatic carbocycles. The maximum Gasteiger partial charge on any atom is 0.0283 e. The fraction of sp³-hybridized carbons (Fsp3) is 0.455. The van der Waals surface area contributed by atoms with E-state index in [4.69, 9.17) is 0 Å². The summed E-state index contributed by atoms with van der Waals surface area (Å²) in [5.41, 5.74) is 2.81. The molecule has 0 radical (unpaired) electrons. The molecule has 0 atom stereocenters. The first kappa shape index (κ1) is 9.79. The quantitative estimate of drug-likeness (QED) is 0.689. The summed E-state index contributed by atoms with van der Waals surface area (Å²) < 4.78 is 0. The lowest BCUT2D eigenvalue weighted by molar-refractivity contribution is 0.647. The SMILES string of the molecule is CC(C)Cc1cccc(CBr)c1. The Morgan fingerprint density at radius 3 is 2.50 bits per heavy atom. The Bertz CT molecular complexity index is 241. The normalized spacial score (nSPS) is 10.7. The average molecular weight is 227 g/mol. The van der Waals surface area contributed by atoms with Crippen LogP contribution in [0.2, 0.25) is 0 Å². The highest BCUT2D eigenvalue weighted by Crippen LogP contribution is 2.12. The third kappa shape index (κ3) is 2.98. The molecule has 12 heavy (non-hydrogen) atoms. The summed E-state index contributed by atoms with van der Waals surface area (Å²) in [4.78, 5) is 0. The fourth-order valence-corrected chi connectivity index (χ4v) is 1.66. The lowest BCUT2D eigenvalue weighted by Crippen LogP contribution is -1.94. The van der Waals surface area contributed by atoms with E-state index >= 15 is 0 Å². The van der Waals surface area contributed by atoms with E-state index in [1.165, 1.54) is 17.5 Å². The van der Waals surface area contributed by atoms with Gasteiger partial charge in [-0.2, -0.15) is 0 Å². The van der Waals surface area contributed by atoms with E-state index in [0.29, 0.717) is 0 Å². The zero-order chi connectivity index (χ0) is 8.97. The van der Waals surface area contributed by atoms with Crippen molar-refractivity contribution in [2.75, 3.05) is 0 Å². The van der Waals surface area contributed by atoms with Crippen molar-refractivity contribution in [2.45, 2.75) is 25.6 Å². The second-order valence-electron chi connectivity index (χ2n) is 3.55. The van der Waals surface area contributed by atoms with Gasteiger partial charge in [-0.15, -0.1) is 0 Å². The Labute approximate surface area is 83.1 Å². The molecule has 1 rings (SSSR count). The molecular weight excluding hydrogens is 212 g/mol. The van der Waals surface area contributed by atoms with Gasteiger partial charge < -0.3 is 0 Å². The molecule has 0 aromatic heterocycles. The number of hydrogen-bond acceptors (Lipinski definition) is 0. The van der Waals surface area contributed by atoms with Crippen molar-refractivity contribution >= 4 is 15.9 Å². The second kappa shape index (κ2) is 4.66. The van der Waals surface area contributed by atoms with Crippen molar-refractivity contribution < 1.29 is 0 Å². The first-order valence-electron chi connectivity index (χ1n) is 4.36. The van der Waals surface area contributed by atoms with E-state index in [1.54, 1.807) is 0 Å². The molecule has 0 N–H and O–H groups in total. The Morgan fingerprint density at radius 1 is 1.25 bits per heavy atom. The van der Waals surface area contributed by atoms with Crippen LogP contribution in [0.1, 0.15) is 25.0 Å². The van der Waals surface area contributed by atoms with Crippen LogP contribution in [0.25, 0.3) is 0 Å². The van der Waals surface area contributed by atoms with Crippen LogP contribution in [-0.4, -0.2) is 0 Å². The standard InChI is InChI=1S/C11H15Br/c1-9(2)6-10-4-3-5-11(7-10)8-12/h3-5,7,9H,6,8H2,1-2H3. The largest absolute Gasteiger partial charge is 0.0876 e. The van der Waals surface area contributed by atoms with Crippen LogP contribution < -0.4 is 0 Å². The summed E-state index contributed by atoms with van der Waals surface area (Å²) in [6.07, 6.45) is 1.18. The van der Waals surface area contributed by atoms with Gasteiger partial charge in [0.1, 0.15) is 0 Å². The number of alkyl halides is 1. The maximum absolute atomic E-state index is 3.46. The van der Waals surface area contributed by atoms with Crippen molar-refractivity contribution in [1.29, 1.82) is 0 Å². The van der Waals surface area contributed by atoms with Crippen LogP contribution in [-0.2, 0) is 11.8 Å². The lowest BCUT2D eigenvalue weighted by atomic mass is 10.0. The third-order valence-corrected chi connectivity index (χ3v) is 2.44. The van der Waals surface area contributed by atoms with Gasteiger partial charge in [0.2, 0.25) is 0 Å². The maximum atomic E-state index is 3.46. The highest BCUT2D eigenvalue weighted by molar-refractivity contribution is 9.08. The molecule has 1 aromatic rings. The molecular formula is C11H15Br. The van der Waals surface area contributed by atoms with E-state index in [0.717, 1.165) is 11.2 Å². The van der Waals surface area contributed by atoms with Gasteiger partial charge in [-0.1, -0.05) is 54.0 Å². The fourth-order valence-electron chi connectivity index (χ4n) is 1.31. The molecule has 0 aliphatic rings. The van der Waals surface area contributed by atoms with Gasteiger partial charge in [-0.25, -0.2) is 0 Å². The van der Waals surface area contributed by atoms with Crippen molar-refractivity contribution in [2.24, 2.45) is 5.92 Å². The molecule has 0 saturated carbocycles. The van der Waals surface area contributed by atoms with E-state index in [9.17, 15) is 0 Å². The molecule has 0 aliphatic heterocycles. The van der Waals surface area contributed by atoms with Gasteiger partial charge in [0, 0.05) is 5.33 Å². The van der Waals surface area contributed by atoms with E-state index in [-0.39, 0.29) is 0 Å². The molecule has 0 aliphatic carbocycles. The van der Waals surface area contributed by atoms with Crippen LogP contribution >= 0.6 is 15.9 Å². The summed E-state index contributed by atoms with van der Waals surface area (Å²) in [7, 11) is 0. The van der Waals surface area contributed by atoms with Gasteiger partial charge in [0.15, 0.2) is 0 Å². The van der Waals surface area contributed by atoms with Crippen LogP contribution in [0.3, 0.4) is 0 Å². The number of benzene rings is 1. The van der Waals surface area contributed by atoms with Crippen molar-refractivity contribution in [3.05, 3.63) is 35.4 Å².